The van der Waals surface area contributed by atoms with Gasteiger partial charge in [0.2, 0.25) is 5.91 Å². The van der Waals surface area contributed by atoms with E-state index in [0.29, 0.717) is 5.91 Å². The number of likely N-dealkylation sites (tertiary alicyclic amines) is 2. The number of nitrogens with zero attached hydrogens (tertiary/aromatic N) is 2. The van der Waals surface area contributed by atoms with Crippen molar-refractivity contribution in [3.05, 3.63) is 21.9 Å². The summed E-state index contributed by atoms with van der Waals surface area (Å²) in [6.45, 7) is 8.69. The number of hydrogen-bond donors (Lipinski definition) is 0. The summed E-state index contributed by atoms with van der Waals surface area (Å²) in [5.41, 5.74) is 0.143. The van der Waals surface area contributed by atoms with E-state index < -0.39 is 0 Å². The van der Waals surface area contributed by atoms with E-state index in [1.807, 2.05) is 11.3 Å². The number of aryl methyl sites for hydroxylation is 1. The second-order valence-electron chi connectivity index (χ2n) is 7.74. The third kappa shape index (κ3) is 3.14. The lowest BCUT2D eigenvalue weighted by Crippen LogP contribution is -2.45. The fraction of sp³-hybridized carbons (Fsp3) is 0.737. The minimum atomic E-state index is 0.143. The smallest absolute Gasteiger partial charge is 0.227 e. The molecule has 4 nitrogen and oxygen atoms in total. The Kier molecular flexibility index (Phi) is 4.67. The highest BCUT2D eigenvalue weighted by Gasteiger charge is 2.51. The van der Waals surface area contributed by atoms with Gasteiger partial charge in [0.05, 0.1) is 5.92 Å². The lowest BCUT2D eigenvalue weighted by molar-refractivity contribution is -0.139. The van der Waals surface area contributed by atoms with Gasteiger partial charge in [0.15, 0.2) is 0 Å². The highest BCUT2D eigenvalue weighted by molar-refractivity contribution is 7.11. The fourth-order valence-electron chi connectivity index (χ4n) is 4.77. The maximum absolute atomic E-state index is 13.2. The molecule has 3 aliphatic rings. The van der Waals surface area contributed by atoms with E-state index in [9.17, 15) is 4.79 Å². The Bertz CT molecular complexity index is 588. The lowest BCUT2D eigenvalue weighted by atomic mass is 9.71. The second kappa shape index (κ2) is 6.77. The van der Waals surface area contributed by atoms with Crippen LogP contribution in [-0.4, -0.2) is 55.1 Å². The maximum atomic E-state index is 13.2. The van der Waals surface area contributed by atoms with Gasteiger partial charge in [-0.2, -0.15) is 0 Å². The fourth-order valence-corrected chi connectivity index (χ4v) is 5.70. The number of ether oxygens (including phenoxy) is 1. The molecule has 0 aliphatic carbocycles. The summed E-state index contributed by atoms with van der Waals surface area (Å²) in [7, 11) is 0. The third-order valence-electron chi connectivity index (χ3n) is 6.10. The molecule has 3 fully saturated rings. The predicted molar refractivity (Wildman–Crippen MR) is 96.1 cm³/mol. The number of carbonyl (C=O) groups is 1. The molecule has 1 spiro atoms. The molecule has 1 atom stereocenters. The van der Waals surface area contributed by atoms with Crippen molar-refractivity contribution in [1.82, 2.24) is 9.80 Å². The third-order valence-corrected chi connectivity index (χ3v) is 7.08. The van der Waals surface area contributed by atoms with Crippen molar-refractivity contribution in [2.24, 2.45) is 11.3 Å². The second-order valence-corrected chi connectivity index (χ2v) is 9.11. The number of thiophene rings is 1. The van der Waals surface area contributed by atoms with Crippen molar-refractivity contribution in [3.63, 3.8) is 0 Å². The predicted octanol–water partition coefficient (Wildman–Crippen LogP) is 2.91. The van der Waals surface area contributed by atoms with Gasteiger partial charge in [-0.3, -0.25) is 9.69 Å². The van der Waals surface area contributed by atoms with Crippen LogP contribution < -0.4 is 0 Å². The van der Waals surface area contributed by atoms with Crippen LogP contribution in [0.3, 0.4) is 0 Å². The molecule has 0 aromatic carbocycles. The van der Waals surface area contributed by atoms with E-state index in [1.54, 1.807) is 0 Å². The average Bonchev–Trinajstić information content (AvgIpc) is 3.30. The molecule has 1 aromatic heterocycles. The van der Waals surface area contributed by atoms with Gasteiger partial charge in [-0.05, 0) is 44.7 Å². The van der Waals surface area contributed by atoms with Crippen LogP contribution in [0.1, 0.15) is 35.4 Å². The molecule has 0 N–H and O–H groups in total. The van der Waals surface area contributed by atoms with Crippen molar-refractivity contribution in [1.29, 1.82) is 0 Å². The van der Waals surface area contributed by atoms with Crippen molar-refractivity contribution in [3.8, 4) is 0 Å². The number of hydrogen-bond acceptors (Lipinski definition) is 4. The van der Waals surface area contributed by atoms with Crippen molar-refractivity contribution < 1.29 is 9.53 Å². The Morgan fingerprint density at radius 2 is 2.04 bits per heavy atom. The van der Waals surface area contributed by atoms with Crippen LogP contribution in [0.4, 0.5) is 0 Å². The van der Waals surface area contributed by atoms with Crippen molar-refractivity contribution in [2.75, 3.05) is 39.4 Å². The number of carbonyl (C=O) groups excluding carboxylic acids is 1. The van der Waals surface area contributed by atoms with Gasteiger partial charge in [0.25, 0.3) is 0 Å². The molecule has 1 amide bonds. The molecule has 0 radical (unpaired) electrons. The largest absolute Gasteiger partial charge is 0.381 e. The van der Waals surface area contributed by atoms with E-state index in [0.717, 1.165) is 58.8 Å². The minimum absolute atomic E-state index is 0.143. The summed E-state index contributed by atoms with van der Waals surface area (Å²) in [4.78, 5) is 20.6. The van der Waals surface area contributed by atoms with E-state index in [2.05, 4.69) is 28.9 Å². The van der Waals surface area contributed by atoms with E-state index in [4.69, 9.17) is 4.74 Å². The molecule has 3 aliphatic heterocycles. The van der Waals surface area contributed by atoms with Crippen LogP contribution in [0.5, 0.6) is 0 Å². The van der Waals surface area contributed by atoms with Gasteiger partial charge < -0.3 is 9.64 Å². The van der Waals surface area contributed by atoms with Gasteiger partial charge in [0, 0.05) is 61.1 Å². The summed E-state index contributed by atoms with van der Waals surface area (Å²) in [6, 6.07) is 4.44. The molecule has 5 heteroatoms. The van der Waals surface area contributed by atoms with Gasteiger partial charge in [0.1, 0.15) is 0 Å². The van der Waals surface area contributed by atoms with Gasteiger partial charge in [-0.15, -0.1) is 11.3 Å². The Morgan fingerprint density at radius 1 is 1.29 bits per heavy atom. The molecule has 3 saturated heterocycles. The Balaban J connectivity index is 1.52. The van der Waals surface area contributed by atoms with Crippen molar-refractivity contribution in [2.45, 2.75) is 39.2 Å². The first-order valence-electron chi connectivity index (χ1n) is 9.30. The molecule has 0 unspecified atom stereocenters. The quantitative estimate of drug-likeness (QED) is 0.842. The summed E-state index contributed by atoms with van der Waals surface area (Å²) >= 11 is 1.88. The topological polar surface area (TPSA) is 32.8 Å². The summed E-state index contributed by atoms with van der Waals surface area (Å²) in [6.07, 6.45) is 4.42. The Hall–Kier alpha value is -0.910. The lowest BCUT2D eigenvalue weighted by Gasteiger charge is -2.38. The van der Waals surface area contributed by atoms with Crippen LogP contribution in [0, 0.1) is 18.3 Å². The zero-order valence-corrected chi connectivity index (χ0v) is 15.4. The Labute approximate surface area is 148 Å². The molecule has 4 rings (SSSR count). The van der Waals surface area contributed by atoms with Crippen LogP contribution >= 0.6 is 11.3 Å². The molecule has 1 aromatic rings. The summed E-state index contributed by atoms with van der Waals surface area (Å²) in [5.74, 6) is 0.583. The van der Waals surface area contributed by atoms with E-state index in [-0.39, 0.29) is 11.3 Å². The summed E-state index contributed by atoms with van der Waals surface area (Å²) in [5, 5.41) is 0. The summed E-state index contributed by atoms with van der Waals surface area (Å²) < 4.78 is 5.63. The van der Waals surface area contributed by atoms with Crippen LogP contribution in [0.15, 0.2) is 12.1 Å². The molecule has 0 saturated carbocycles. The molecule has 0 bridgehead atoms. The highest BCUT2D eigenvalue weighted by atomic mass is 32.1. The first-order chi connectivity index (χ1) is 11.7. The van der Waals surface area contributed by atoms with Crippen LogP contribution in [0.25, 0.3) is 0 Å². The van der Waals surface area contributed by atoms with E-state index >= 15 is 0 Å². The van der Waals surface area contributed by atoms with Gasteiger partial charge in [-0.25, -0.2) is 0 Å². The van der Waals surface area contributed by atoms with Gasteiger partial charge in [-0.1, -0.05) is 0 Å². The zero-order valence-electron chi connectivity index (χ0n) is 14.6. The molecule has 24 heavy (non-hydrogen) atoms. The molecule has 4 heterocycles. The average molecular weight is 349 g/mol. The molecule has 132 valence electrons. The van der Waals surface area contributed by atoms with Crippen LogP contribution in [-0.2, 0) is 16.1 Å². The minimum Gasteiger partial charge on any atom is -0.381 e. The number of rotatable bonds is 3. The number of amides is 1. The molecular weight excluding hydrogens is 320 g/mol. The zero-order chi connectivity index (χ0) is 16.6. The SMILES string of the molecule is Cc1ccc(CN2C[C@@H](C(=O)N3CCCC3)C3(CCOCC3)C2)s1. The van der Waals surface area contributed by atoms with Crippen LogP contribution in [0.2, 0.25) is 0 Å². The molecular formula is C19H28N2O2S. The maximum Gasteiger partial charge on any atom is 0.227 e. The first-order valence-corrected chi connectivity index (χ1v) is 10.1. The Morgan fingerprint density at radius 3 is 2.71 bits per heavy atom. The monoisotopic (exact) mass is 348 g/mol. The van der Waals surface area contributed by atoms with Crippen molar-refractivity contribution >= 4 is 17.2 Å². The van der Waals surface area contributed by atoms with E-state index in [1.165, 1.54) is 22.6 Å². The normalized spacial score (nSPS) is 27.2. The first kappa shape index (κ1) is 16.6. The standard InChI is InChI=1S/C19H28N2O2S/c1-15-4-5-16(24-15)12-20-13-17(18(22)21-8-2-3-9-21)19(14-20)6-10-23-11-7-19/h4-5,17H,2-3,6-14H2,1H3/t17-/m0/s1. The van der Waals surface area contributed by atoms with Gasteiger partial charge >= 0.3 is 0 Å². The highest BCUT2D eigenvalue weighted by Crippen LogP contribution is 2.46.